The predicted octanol–water partition coefficient (Wildman–Crippen LogP) is 2.08. The molecule has 0 saturated heterocycles. The molecule has 1 aromatic carbocycles. The molecule has 16 heavy (non-hydrogen) atoms. The molecule has 0 amide bonds. The smallest absolute Gasteiger partial charge is 0.339 e. The van der Waals surface area contributed by atoms with E-state index in [1.54, 1.807) is 6.07 Å². The Kier molecular flexibility index (Phi) is 2.48. The van der Waals surface area contributed by atoms with Gasteiger partial charge in [-0.2, -0.15) is 0 Å². The van der Waals surface area contributed by atoms with Gasteiger partial charge >= 0.3 is 5.97 Å². The highest BCUT2D eigenvalue weighted by Gasteiger charge is 2.12. The number of pyridine rings is 1. The molecule has 2 rings (SSSR count). The second-order valence-corrected chi connectivity index (χ2v) is 3.56. The number of anilines is 1. The van der Waals surface area contributed by atoms with Crippen LogP contribution >= 0.6 is 0 Å². The van der Waals surface area contributed by atoms with Gasteiger partial charge in [0.05, 0.1) is 11.2 Å². The number of para-hydroxylation sites is 1. The standard InChI is InChI=1S/C12H12N2O2/c1-2-7-4-3-5-8-10(13)9(12(15)16)6-14-11(7)8/h3-6H,2H2,1H3,(H2,13,14)(H,15,16). The lowest BCUT2D eigenvalue weighted by atomic mass is 10.0. The van der Waals surface area contributed by atoms with E-state index >= 15 is 0 Å². The molecule has 1 aromatic heterocycles. The van der Waals surface area contributed by atoms with E-state index < -0.39 is 5.97 Å². The summed E-state index contributed by atoms with van der Waals surface area (Å²) >= 11 is 0. The first-order chi connectivity index (χ1) is 7.65. The molecule has 0 bridgehead atoms. The normalized spacial score (nSPS) is 10.6. The summed E-state index contributed by atoms with van der Waals surface area (Å²) in [5, 5.41) is 9.64. The van der Waals surface area contributed by atoms with Crippen molar-refractivity contribution < 1.29 is 9.90 Å². The number of hydrogen-bond donors (Lipinski definition) is 2. The molecule has 2 aromatic rings. The Hall–Kier alpha value is -2.10. The van der Waals surface area contributed by atoms with Crippen LogP contribution in [0, 0.1) is 0 Å². The van der Waals surface area contributed by atoms with Crippen LogP contribution in [-0.2, 0) is 6.42 Å². The number of aromatic carboxylic acids is 1. The number of nitrogen functional groups attached to an aromatic ring is 1. The topological polar surface area (TPSA) is 76.2 Å². The van der Waals surface area contributed by atoms with Crippen LogP contribution in [-0.4, -0.2) is 16.1 Å². The van der Waals surface area contributed by atoms with Crippen LogP contribution in [0.3, 0.4) is 0 Å². The first-order valence-corrected chi connectivity index (χ1v) is 5.04. The van der Waals surface area contributed by atoms with Gasteiger partial charge in [0.2, 0.25) is 0 Å². The van der Waals surface area contributed by atoms with Gasteiger partial charge in [-0.1, -0.05) is 25.1 Å². The van der Waals surface area contributed by atoms with Crippen molar-refractivity contribution in [2.75, 3.05) is 5.73 Å². The summed E-state index contributed by atoms with van der Waals surface area (Å²) in [6, 6.07) is 5.63. The Labute approximate surface area is 92.7 Å². The zero-order valence-corrected chi connectivity index (χ0v) is 8.90. The van der Waals surface area contributed by atoms with Crippen molar-refractivity contribution in [1.82, 2.24) is 4.98 Å². The Morgan fingerprint density at radius 2 is 2.25 bits per heavy atom. The van der Waals surface area contributed by atoms with E-state index in [2.05, 4.69) is 4.98 Å². The van der Waals surface area contributed by atoms with E-state index in [0.717, 1.165) is 17.5 Å². The van der Waals surface area contributed by atoms with Crippen molar-refractivity contribution >= 4 is 22.6 Å². The van der Waals surface area contributed by atoms with Crippen molar-refractivity contribution in [3.05, 3.63) is 35.5 Å². The number of nitrogens with two attached hydrogens (primary N) is 1. The number of fused-ring (bicyclic) bond motifs is 1. The van der Waals surface area contributed by atoms with Crippen LogP contribution < -0.4 is 5.73 Å². The SMILES string of the molecule is CCc1cccc2c(N)c(C(=O)O)cnc12. The average Bonchev–Trinajstić information content (AvgIpc) is 2.28. The minimum absolute atomic E-state index is 0.0563. The van der Waals surface area contributed by atoms with Gasteiger partial charge in [-0.15, -0.1) is 0 Å². The summed E-state index contributed by atoms with van der Waals surface area (Å²) in [5.74, 6) is -1.05. The molecule has 4 heteroatoms. The second kappa shape index (κ2) is 3.81. The average molecular weight is 216 g/mol. The summed E-state index contributed by atoms with van der Waals surface area (Å²) in [6.07, 6.45) is 2.16. The van der Waals surface area contributed by atoms with Gasteiger partial charge < -0.3 is 10.8 Å². The number of rotatable bonds is 2. The van der Waals surface area contributed by atoms with Crippen molar-refractivity contribution in [2.24, 2.45) is 0 Å². The van der Waals surface area contributed by atoms with Gasteiger partial charge in [0, 0.05) is 11.6 Å². The van der Waals surface area contributed by atoms with Crippen LogP contribution in [0.5, 0.6) is 0 Å². The monoisotopic (exact) mass is 216 g/mol. The van der Waals surface area contributed by atoms with Gasteiger partial charge in [0.15, 0.2) is 0 Å². The first-order valence-electron chi connectivity index (χ1n) is 5.04. The minimum atomic E-state index is -1.05. The van der Waals surface area contributed by atoms with Crippen LogP contribution in [0.15, 0.2) is 24.4 Å². The molecule has 0 aliphatic carbocycles. The third kappa shape index (κ3) is 1.48. The molecule has 0 spiro atoms. The molecule has 0 fully saturated rings. The maximum atomic E-state index is 10.9. The summed E-state index contributed by atoms with van der Waals surface area (Å²) in [5.41, 5.74) is 8.02. The van der Waals surface area contributed by atoms with Gasteiger partial charge in [-0.05, 0) is 12.0 Å². The van der Waals surface area contributed by atoms with Crippen molar-refractivity contribution in [3.63, 3.8) is 0 Å². The fourth-order valence-electron chi connectivity index (χ4n) is 1.76. The number of benzene rings is 1. The van der Waals surface area contributed by atoms with Crippen LogP contribution in [0.1, 0.15) is 22.8 Å². The summed E-state index contributed by atoms with van der Waals surface area (Å²) in [6.45, 7) is 2.03. The molecule has 0 saturated carbocycles. The predicted molar refractivity (Wildman–Crippen MR) is 62.5 cm³/mol. The zero-order chi connectivity index (χ0) is 11.7. The maximum absolute atomic E-state index is 10.9. The Bertz CT molecular complexity index is 564. The molecular weight excluding hydrogens is 204 g/mol. The van der Waals surface area contributed by atoms with Crippen LogP contribution in [0.25, 0.3) is 10.9 Å². The summed E-state index contributed by atoms with van der Waals surface area (Å²) in [7, 11) is 0. The molecule has 0 unspecified atom stereocenters. The van der Waals surface area contributed by atoms with E-state index in [0.29, 0.717) is 5.39 Å². The van der Waals surface area contributed by atoms with Gasteiger partial charge in [-0.25, -0.2) is 4.79 Å². The third-order valence-electron chi connectivity index (χ3n) is 2.63. The fraction of sp³-hybridized carbons (Fsp3) is 0.167. The van der Waals surface area contributed by atoms with E-state index in [-0.39, 0.29) is 11.3 Å². The molecule has 0 aliphatic rings. The Balaban J connectivity index is 2.81. The Morgan fingerprint density at radius 1 is 1.50 bits per heavy atom. The van der Waals surface area contributed by atoms with E-state index in [4.69, 9.17) is 10.8 Å². The largest absolute Gasteiger partial charge is 0.478 e. The van der Waals surface area contributed by atoms with E-state index in [9.17, 15) is 4.79 Å². The molecule has 1 heterocycles. The molecule has 0 radical (unpaired) electrons. The van der Waals surface area contributed by atoms with Gasteiger partial charge in [-0.3, -0.25) is 4.98 Å². The molecule has 4 nitrogen and oxygen atoms in total. The number of hydrogen-bond acceptors (Lipinski definition) is 3. The molecule has 82 valence electrons. The first kappa shape index (κ1) is 10.4. The van der Waals surface area contributed by atoms with Gasteiger partial charge in [0.25, 0.3) is 0 Å². The Morgan fingerprint density at radius 3 is 2.88 bits per heavy atom. The highest BCUT2D eigenvalue weighted by atomic mass is 16.4. The maximum Gasteiger partial charge on any atom is 0.339 e. The molecule has 3 N–H and O–H groups in total. The van der Waals surface area contributed by atoms with Crippen molar-refractivity contribution in [3.8, 4) is 0 Å². The number of carboxylic acids is 1. The van der Waals surface area contributed by atoms with Crippen LogP contribution in [0.4, 0.5) is 5.69 Å². The van der Waals surface area contributed by atoms with Gasteiger partial charge in [0.1, 0.15) is 5.56 Å². The van der Waals surface area contributed by atoms with Crippen molar-refractivity contribution in [1.29, 1.82) is 0 Å². The highest BCUT2D eigenvalue weighted by molar-refractivity contribution is 6.03. The van der Waals surface area contributed by atoms with Crippen LogP contribution in [0.2, 0.25) is 0 Å². The summed E-state index contributed by atoms with van der Waals surface area (Å²) in [4.78, 5) is 15.1. The second-order valence-electron chi connectivity index (χ2n) is 3.56. The van der Waals surface area contributed by atoms with E-state index in [1.165, 1.54) is 6.20 Å². The zero-order valence-electron chi connectivity index (χ0n) is 8.90. The lowest BCUT2D eigenvalue weighted by molar-refractivity contribution is 0.0698. The lowest BCUT2D eigenvalue weighted by Crippen LogP contribution is -2.04. The van der Waals surface area contributed by atoms with E-state index in [1.807, 2.05) is 19.1 Å². The number of aryl methyl sites for hydroxylation is 1. The molecular formula is C12H12N2O2. The number of carbonyl (C=O) groups is 1. The number of nitrogens with zero attached hydrogens (tertiary/aromatic N) is 1. The third-order valence-corrected chi connectivity index (χ3v) is 2.63. The minimum Gasteiger partial charge on any atom is -0.478 e. The highest BCUT2D eigenvalue weighted by Crippen LogP contribution is 2.25. The summed E-state index contributed by atoms with van der Waals surface area (Å²) < 4.78 is 0. The quantitative estimate of drug-likeness (QED) is 0.805. The fourth-order valence-corrected chi connectivity index (χ4v) is 1.76. The van der Waals surface area contributed by atoms with Crippen molar-refractivity contribution in [2.45, 2.75) is 13.3 Å². The molecule has 0 atom stereocenters. The number of carboxylic acid groups (broad SMARTS) is 1. The molecule has 0 aliphatic heterocycles. The lowest BCUT2D eigenvalue weighted by Gasteiger charge is -2.07. The number of aromatic nitrogens is 1.